The van der Waals surface area contributed by atoms with Gasteiger partial charge in [-0.2, -0.15) is 0 Å². The fourth-order valence-corrected chi connectivity index (χ4v) is 1.26. The smallest absolute Gasteiger partial charge is 0.222 e. The van der Waals surface area contributed by atoms with Crippen molar-refractivity contribution in [2.75, 3.05) is 11.9 Å². The summed E-state index contributed by atoms with van der Waals surface area (Å²) >= 11 is 0. The Morgan fingerprint density at radius 2 is 1.73 bits per heavy atom. The summed E-state index contributed by atoms with van der Waals surface area (Å²) in [5, 5.41) is 3.15. The van der Waals surface area contributed by atoms with Crippen LogP contribution in [0.25, 0.3) is 0 Å². The molecule has 76 valence electrons. The zero-order valence-corrected chi connectivity index (χ0v) is 8.30. The van der Waals surface area contributed by atoms with Crippen molar-refractivity contribution in [2.24, 2.45) is 0 Å². The minimum atomic E-state index is 0.673. The van der Waals surface area contributed by atoms with Crippen molar-refractivity contribution >= 4 is 5.95 Å². The maximum atomic E-state index is 4.08. The van der Waals surface area contributed by atoms with Gasteiger partial charge < -0.3 is 5.32 Å². The Morgan fingerprint density at radius 3 is 2.47 bits per heavy atom. The van der Waals surface area contributed by atoms with Crippen LogP contribution in [0.15, 0.2) is 43.0 Å². The standard InChI is InChI=1S/C11H12N4/c1-5-13-11(14-6-1)15-9-4-10-2-7-12-8-3-10/h1-3,5-8H,4,9H2,(H,13,14,15). The molecule has 0 saturated carbocycles. The summed E-state index contributed by atoms with van der Waals surface area (Å²) in [5.74, 6) is 0.673. The molecule has 2 aromatic rings. The molecule has 0 aliphatic rings. The van der Waals surface area contributed by atoms with Crippen molar-refractivity contribution in [1.82, 2.24) is 15.0 Å². The molecule has 2 heterocycles. The van der Waals surface area contributed by atoms with Crippen molar-refractivity contribution in [3.8, 4) is 0 Å². The Bertz CT molecular complexity index is 348. The Kier molecular flexibility index (Phi) is 3.22. The second-order valence-corrected chi connectivity index (χ2v) is 3.10. The number of aromatic nitrogens is 3. The highest BCUT2D eigenvalue weighted by molar-refractivity contribution is 5.23. The van der Waals surface area contributed by atoms with Crippen LogP contribution in [-0.2, 0) is 6.42 Å². The highest BCUT2D eigenvalue weighted by Crippen LogP contribution is 1.99. The first-order chi connectivity index (χ1) is 7.45. The normalized spacial score (nSPS) is 9.87. The van der Waals surface area contributed by atoms with Crippen molar-refractivity contribution in [3.63, 3.8) is 0 Å². The second-order valence-electron chi connectivity index (χ2n) is 3.10. The molecule has 1 N–H and O–H groups in total. The molecule has 0 aromatic carbocycles. The molecular weight excluding hydrogens is 188 g/mol. The van der Waals surface area contributed by atoms with Gasteiger partial charge in [0.25, 0.3) is 0 Å². The fraction of sp³-hybridized carbons (Fsp3) is 0.182. The van der Waals surface area contributed by atoms with E-state index in [-0.39, 0.29) is 0 Å². The van der Waals surface area contributed by atoms with Crippen LogP contribution in [0.5, 0.6) is 0 Å². The summed E-state index contributed by atoms with van der Waals surface area (Å²) in [5.41, 5.74) is 1.26. The molecule has 0 atom stereocenters. The van der Waals surface area contributed by atoms with E-state index in [2.05, 4.69) is 20.3 Å². The van der Waals surface area contributed by atoms with Gasteiger partial charge in [0.05, 0.1) is 0 Å². The third-order valence-corrected chi connectivity index (χ3v) is 2.01. The highest BCUT2D eigenvalue weighted by atomic mass is 15.1. The summed E-state index contributed by atoms with van der Waals surface area (Å²) in [7, 11) is 0. The lowest BCUT2D eigenvalue weighted by molar-refractivity contribution is 0.979. The molecule has 2 aromatic heterocycles. The lowest BCUT2D eigenvalue weighted by Gasteiger charge is -2.03. The van der Waals surface area contributed by atoms with Crippen LogP contribution in [0.4, 0.5) is 5.95 Å². The minimum Gasteiger partial charge on any atom is -0.354 e. The monoisotopic (exact) mass is 200 g/mol. The third kappa shape index (κ3) is 3.02. The van der Waals surface area contributed by atoms with E-state index in [9.17, 15) is 0 Å². The molecule has 0 spiro atoms. The molecule has 4 heteroatoms. The van der Waals surface area contributed by atoms with Gasteiger partial charge in [0.15, 0.2) is 0 Å². The number of hydrogen-bond acceptors (Lipinski definition) is 4. The van der Waals surface area contributed by atoms with E-state index < -0.39 is 0 Å². The van der Waals surface area contributed by atoms with E-state index in [4.69, 9.17) is 0 Å². The molecule has 2 rings (SSSR count). The van der Waals surface area contributed by atoms with E-state index >= 15 is 0 Å². The number of anilines is 1. The number of nitrogens with zero attached hydrogens (tertiary/aromatic N) is 3. The van der Waals surface area contributed by atoms with E-state index in [0.29, 0.717) is 5.95 Å². The van der Waals surface area contributed by atoms with Crippen molar-refractivity contribution in [3.05, 3.63) is 48.5 Å². The molecule has 4 nitrogen and oxygen atoms in total. The van der Waals surface area contributed by atoms with Crippen molar-refractivity contribution in [1.29, 1.82) is 0 Å². The zero-order valence-electron chi connectivity index (χ0n) is 8.30. The predicted molar refractivity (Wildman–Crippen MR) is 58.5 cm³/mol. The average molecular weight is 200 g/mol. The number of rotatable bonds is 4. The molecule has 0 saturated heterocycles. The van der Waals surface area contributed by atoms with Gasteiger partial charge in [0.1, 0.15) is 0 Å². The summed E-state index contributed by atoms with van der Waals surface area (Å²) in [6.45, 7) is 0.827. The van der Waals surface area contributed by atoms with Gasteiger partial charge in [0.2, 0.25) is 5.95 Å². The van der Waals surface area contributed by atoms with Crippen LogP contribution in [0.1, 0.15) is 5.56 Å². The van der Waals surface area contributed by atoms with Crippen LogP contribution >= 0.6 is 0 Å². The highest BCUT2D eigenvalue weighted by Gasteiger charge is 1.93. The lowest BCUT2D eigenvalue weighted by Crippen LogP contribution is -2.07. The van der Waals surface area contributed by atoms with E-state index in [1.54, 1.807) is 30.9 Å². The van der Waals surface area contributed by atoms with Crippen LogP contribution in [0.3, 0.4) is 0 Å². The van der Waals surface area contributed by atoms with Crippen LogP contribution in [0.2, 0.25) is 0 Å². The molecule has 0 fully saturated rings. The second kappa shape index (κ2) is 5.05. The zero-order chi connectivity index (χ0) is 10.3. The number of hydrogen-bond donors (Lipinski definition) is 1. The van der Waals surface area contributed by atoms with Gasteiger partial charge in [-0.25, -0.2) is 9.97 Å². The Balaban J connectivity index is 1.81. The van der Waals surface area contributed by atoms with Gasteiger partial charge in [-0.05, 0) is 30.2 Å². The molecule has 0 bridgehead atoms. The third-order valence-electron chi connectivity index (χ3n) is 2.01. The van der Waals surface area contributed by atoms with Crippen LogP contribution in [0, 0.1) is 0 Å². The molecule has 0 aliphatic carbocycles. The van der Waals surface area contributed by atoms with Gasteiger partial charge in [-0.1, -0.05) is 0 Å². The van der Waals surface area contributed by atoms with E-state index in [1.165, 1.54) is 5.56 Å². The molecule has 0 amide bonds. The van der Waals surface area contributed by atoms with Crippen molar-refractivity contribution < 1.29 is 0 Å². The van der Waals surface area contributed by atoms with Gasteiger partial charge in [0, 0.05) is 31.3 Å². The Morgan fingerprint density at radius 1 is 1.00 bits per heavy atom. The summed E-state index contributed by atoms with van der Waals surface area (Å²) in [6, 6.07) is 5.81. The van der Waals surface area contributed by atoms with Crippen LogP contribution in [-0.4, -0.2) is 21.5 Å². The van der Waals surface area contributed by atoms with E-state index in [0.717, 1.165) is 13.0 Å². The quantitative estimate of drug-likeness (QED) is 0.813. The first-order valence-electron chi connectivity index (χ1n) is 4.85. The number of nitrogens with one attached hydrogen (secondary N) is 1. The maximum absolute atomic E-state index is 4.08. The molecule has 15 heavy (non-hydrogen) atoms. The Labute approximate surface area is 88.4 Å². The van der Waals surface area contributed by atoms with Gasteiger partial charge in [-0.3, -0.25) is 4.98 Å². The molecule has 0 radical (unpaired) electrons. The summed E-state index contributed by atoms with van der Waals surface area (Å²) in [6.07, 6.45) is 7.99. The SMILES string of the molecule is c1cnc(NCCc2ccncc2)nc1. The van der Waals surface area contributed by atoms with Crippen LogP contribution < -0.4 is 5.32 Å². The topological polar surface area (TPSA) is 50.7 Å². The average Bonchev–Trinajstić information content (AvgIpc) is 2.32. The van der Waals surface area contributed by atoms with Crippen molar-refractivity contribution in [2.45, 2.75) is 6.42 Å². The summed E-state index contributed by atoms with van der Waals surface area (Å²) in [4.78, 5) is 12.1. The molecular formula is C11H12N4. The Hall–Kier alpha value is -1.97. The van der Waals surface area contributed by atoms with Gasteiger partial charge in [-0.15, -0.1) is 0 Å². The maximum Gasteiger partial charge on any atom is 0.222 e. The lowest BCUT2D eigenvalue weighted by atomic mass is 10.2. The minimum absolute atomic E-state index is 0.673. The first-order valence-corrected chi connectivity index (χ1v) is 4.85. The summed E-state index contributed by atoms with van der Waals surface area (Å²) < 4.78 is 0. The van der Waals surface area contributed by atoms with E-state index in [1.807, 2.05) is 12.1 Å². The molecule has 0 unspecified atom stereocenters. The predicted octanol–water partition coefficient (Wildman–Crippen LogP) is 1.53. The largest absolute Gasteiger partial charge is 0.354 e. The van der Waals surface area contributed by atoms with Gasteiger partial charge >= 0.3 is 0 Å². The fourth-order valence-electron chi connectivity index (χ4n) is 1.26. The first kappa shape index (κ1) is 9.58. The molecule has 0 aliphatic heterocycles. The number of pyridine rings is 1.